The second-order valence-corrected chi connectivity index (χ2v) is 7.13. The van der Waals surface area contributed by atoms with Gasteiger partial charge in [-0.3, -0.25) is 4.79 Å². The van der Waals surface area contributed by atoms with Crippen LogP contribution in [0.4, 0.5) is 5.82 Å². The van der Waals surface area contributed by atoms with Gasteiger partial charge in [-0.05, 0) is 38.0 Å². The summed E-state index contributed by atoms with van der Waals surface area (Å²) in [7, 11) is 0. The van der Waals surface area contributed by atoms with Crippen LogP contribution >= 0.6 is 0 Å². The molecule has 5 heteroatoms. The zero-order valence-electron chi connectivity index (χ0n) is 13.4. The standard InChI is InChI=1S/C17H24N4O/c1-10(2)14-17(22)18-8-9-21(14)16-12-4-3-5-13(12)19-15(20-16)11-6-7-11/h10-11,14H,3-9H2,1-2H3,(H,18,22)/t14-/m1/s1. The zero-order valence-corrected chi connectivity index (χ0v) is 13.4. The molecule has 3 aliphatic rings. The third-order valence-corrected chi connectivity index (χ3v) is 5.03. The van der Waals surface area contributed by atoms with Gasteiger partial charge in [-0.1, -0.05) is 13.8 Å². The van der Waals surface area contributed by atoms with Gasteiger partial charge in [0, 0.05) is 30.3 Å². The lowest BCUT2D eigenvalue weighted by molar-refractivity contribution is -0.124. The van der Waals surface area contributed by atoms with Gasteiger partial charge in [0.1, 0.15) is 17.7 Å². The summed E-state index contributed by atoms with van der Waals surface area (Å²) in [6.45, 7) is 5.79. The monoisotopic (exact) mass is 300 g/mol. The number of nitrogens with zero attached hydrogens (tertiary/aromatic N) is 3. The molecule has 2 fully saturated rings. The third-order valence-electron chi connectivity index (χ3n) is 5.03. The smallest absolute Gasteiger partial charge is 0.243 e. The number of fused-ring (bicyclic) bond motifs is 1. The van der Waals surface area contributed by atoms with Gasteiger partial charge in [-0.2, -0.15) is 0 Å². The maximum atomic E-state index is 12.4. The van der Waals surface area contributed by atoms with E-state index in [0.29, 0.717) is 12.5 Å². The van der Waals surface area contributed by atoms with Crippen molar-refractivity contribution in [2.24, 2.45) is 5.92 Å². The Morgan fingerprint density at radius 2 is 2.05 bits per heavy atom. The maximum Gasteiger partial charge on any atom is 0.243 e. The topological polar surface area (TPSA) is 58.1 Å². The molecule has 4 rings (SSSR count). The van der Waals surface area contributed by atoms with E-state index in [1.807, 2.05) is 0 Å². The maximum absolute atomic E-state index is 12.4. The molecule has 1 saturated carbocycles. The lowest BCUT2D eigenvalue weighted by atomic mass is 9.99. The summed E-state index contributed by atoms with van der Waals surface area (Å²) in [5.74, 6) is 3.04. The number of carbonyl (C=O) groups is 1. The summed E-state index contributed by atoms with van der Waals surface area (Å²) >= 11 is 0. The van der Waals surface area contributed by atoms with Crippen LogP contribution in [0.3, 0.4) is 0 Å². The van der Waals surface area contributed by atoms with Crippen molar-refractivity contribution in [2.45, 2.75) is 57.9 Å². The fourth-order valence-corrected chi connectivity index (χ4v) is 3.78. The largest absolute Gasteiger partial charge is 0.353 e. The fourth-order valence-electron chi connectivity index (χ4n) is 3.78. The number of piperazine rings is 1. The van der Waals surface area contributed by atoms with Crippen LogP contribution in [0.2, 0.25) is 0 Å². The van der Waals surface area contributed by atoms with Crippen LogP contribution in [-0.4, -0.2) is 35.0 Å². The van der Waals surface area contributed by atoms with Gasteiger partial charge < -0.3 is 10.2 Å². The Balaban J connectivity index is 1.78. The van der Waals surface area contributed by atoms with Crippen LogP contribution in [0.25, 0.3) is 0 Å². The van der Waals surface area contributed by atoms with Crippen LogP contribution in [0.15, 0.2) is 0 Å². The van der Waals surface area contributed by atoms with Crippen LogP contribution in [0, 0.1) is 5.92 Å². The van der Waals surface area contributed by atoms with Crippen molar-refractivity contribution >= 4 is 11.7 Å². The highest BCUT2D eigenvalue weighted by Gasteiger charge is 2.37. The van der Waals surface area contributed by atoms with E-state index in [1.165, 1.54) is 24.1 Å². The van der Waals surface area contributed by atoms with Crippen LogP contribution < -0.4 is 10.2 Å². The predicted molar refractivity (Wildman–Crippen MR) is 85.0 cm³/mol. The molecule has 5 nitrogen and oxygen atoms in total. The van der Waals surface area contributed by atoms with Gasteiger partial charge in [-0.25, -0.2) is 9.97 Å². The first kappa shape index (κ1) is 14.0. The van der Waals surface area contributed by atoms with Gasteiger partial charge in [0.2, 0.25) is 5.91 Å². The minimum atomic E-state index is -0.111. The molecule has 1 aromatic heterocycles. The van der Waals surface area contributed by atoms with Gasteiger partial charge in [0.25, 0.3) is 0 Å². The molecule has 2 heterocycles. The molecule has 0 spiro atoms. The van der Waals surface area contributed by atoms with Crippen LogP contribution in [0.5, 0.6) is 0 Å². The molecular formula is C17H24N4O. The SMILES string of the molecule is CC(C)[C@@H]1C(=O)NCCN1c1nc(C2CC2)nc2c1CCC2. The van der Waals surface area contributed by atoms with Crippen molar-refractivity contribution in [2.75, 3.05) is 18.0 Å². The molecule has 118 valence electrons. The van der Waals surface area contributed by atoms with Crippen molar-refractivity contribution in [1.82, 2.24) is 15.3 Å². The lowest BCUT2D eigenvalue weighted by Crippen LogP contribution is -2.58. The lowest BCUT2D eigenvalue weighted by Gasteiger charge is -2.39. The Morgan fingerprint density at radius 1 is 1.23 bits per heavy atom. The zero-order chi connectivity index (χ0) is 15.3. The van der Waals surface area contributed by atoms with E-state index in [1.54, 1.807) is 0 Å². The summed E-state index contributed by atoms with van der Waals surface area (Å²) in [4.78, 5) is 24.4. The Morgan fingerprint density at radius 3 is 2.77 bits per heavy atom. The highest BCUT2D eigenvalue weighted by atomic mass is 16.2. The molecule has 1 saturated heterocycles. The minimum absolute atomic E-state index is 0.111. The number of amides is 1. The van der Waals surface area contributed by atoms with Crippen molar-refractivity contribution in [3.05, 3.63) is 17.1 Å². The first-order valence-electron chi connectivity index (χ1n) is 8.59. The van der Waals surface area contributed by atoms with E-state index >= 15 is 0 Å². The molecule has 1 aromatic rings. The Kier molecular flexibility index (Phi) is 3.31. The molecule has 0 bridgehead atoms. The van der Waals surface area contributed by atoms with E-state index in [9.17, 15) is 4.79 Å². The highest BCUT2D eigenvalue weighted by Crippen LogP contribution is 2.41. The van der Waals surface area contributed by atoms with Crippen molar-refractivity contribution in [3.8, 4) is 0 Å². The van der Waals surface area contributed by atoms with E-state index in [2.05, 4.69) is 24.1 Å². The van der Waals surface area contributed by atoms with Crippen LogP contribution in [-0.2, 0) is 17.6 Å². The Labute approximate surface area is 131 Å². The first-order valence-corrected chi connectivity index (χ1v) is 8.59. The van der Waals surface area contributed by atoms with E-state index < -0.39 is 0 Å². The summed E-state index contributed by atoms with van der Waals surface area (Å²) in [5.41, 5.74) is 2.53. The van der Waals surface area contributed by atoms with Gasteiger partial charge in [0.15, 0.2) is 0 Å². The molecule has 1 atom stereocenters. The molecule has 0 radical (unpaired) electrons. The number of aryl methyl sites for hydroxylation is 1. The van der Waals surface area contributed by atoms with Gasteiger partial charge in [0.05, 0.1) is 0 Å². The Hall–Kier alpha value is -1.65. The fraction of sp³-hybridized carbons (Fsp3) is 0.706. The third kappa shape index (κ3) is 2.27. The number of nitrogens with one attached hydrogen (secondary N) is 1. The number of hydrogen-bond donors (Lipinski definition) is 1. The van der Waals surface area contributed by atoms with E-state index in [4.69, 9.17) is 9.97 Å². The van der Waals surface area contributed by atoms with Gasteiger partial charge >= 0.3 is 0 Å². The highest BCUT2D eigenvalue weighted by molar-refractivity contribution is 5.86. The quantitative estimate of drug-likeness (QED) is 0.925. The number of aromatic nitrogens is 2. The summed E-state index contributed by atoms with van der Waals surface area (Å²) < 4.78 is 0. The molecular weight excluding hydrogens is 276 g/mol. The summed E-state index contributed by atoms with van der Waals surface area (Å²) in [5, 5.41) is 3.01. The predicted octanol–water partition coefficient (Wildman–Crippen LogP) is 1.80. The summed E-state index contributed by atoms with van der Waals surface area (Å²) in [6.07, 6.45) is 5.71. The second kappa shape index (κ2) is 5.21. The van der Waals surface area contributed by atoms with Gasteiger partial charge in [-0.15, -0.1) is 0 Å². The molecule has 2 aliphatic carbocycles. The number of anilines is 1. The summed E-state index contributed by atoms with van der Waals surface area (Å²) in [6, 6.07) is -0.111. The van der Waals surface area contributed by atoms with E-state index in [0.717, 1.165) is 37.4 Å². The number of rotatable bonds is 3. The first-order chi connectivity index (χ1) is 10.6. The van der Waals surface area contributed by atoms with Crippen molar-refractivity contribution in [3.63, 3.8) is 0 Å². The molecule has 1 N–H and O–H groups in total. The Bertz CT molecular complexity index is 609. The average Bonchev–Trinajstić information content (AvgIpc) is 3.23. The molecule has 0 aromatic carbocycles. The second-order valence-electron chi connectivity index (χ2n) is 7.13. The van der Waals surface area contributed by atoms with E-state index in [-0.39, 0.29) is 17.9 Å². The number of carbonyl (C=O) groups excluding carboxylic acids is 1. The average molecular weight is 300 g/mol. The van der Waals surface area contributed by atoms with Crippen molar-refractivity contribution < 1.29 is 4.79 Å². The van der Waals surface area contributed by atoms with Crippen molar-refractivity contribution in [1.29, 1.82) is 0 Å². The minimum Gasteiger partial charge on any atom is -0.353 e. The molecule has 1 aliphatic heterocycles. The number of hydrogen-bond acceptors (Lipinski definition) is 4. The molecule has 22 heavy (non-hydrogen) atoms. The normalized spacial score (nSPS) is 24.6. The van der Waals surface area contributed by atoms with Crippen LogP contribution in [0.1, 0.15) is 56.1 Å². The molecule has 1 amide bonds. The molecule has 0 unspecified atom stereocenters.